The lowest BCUT2D eigenvalue weighted by atomic mass is 10.2. The SMILES string of the molecule is c1ccc(-c2ccc(CNc3nn[nH]n3)o2)cc1. The molecule has 0 fully saturated rings. The summed E-state index contributed by atoms with van der Waals surface area (Å²) in [5.74, 6) is 2.12. The molecule has 0 amide bonds. The summed E-state index contributed by atoms with van der Waals surface area (Å²) in [6, 6.07) is 13.8. The summed E-state index contributed by atoms with van der Waals surface area (Å²) in [6.45, 7) is 0.520. The smallest absolute Gasteiger partial charge is 0.263 e. The summed E-state index contributed by atoms with van der Waals surface area (Å²) in [6.07, 6.45) is 0. The lowest BCUT2D eigenvalue weighted by molar-refractivity contribution is 0.531. The van der Waals surface area contributed by atoms with Crippen LogP contribution in [0.5, 0.6) is 0 Å². The fourth-order valence-corrected chi connectivity index (χ4v) is 1.63. The van der Waals surface area contributed by atoms with Gasteiger partial charge in [-0.25, -0.2) is 0 Å². The summed E-state index contributed by atoms with van der Waals surface area (Å²) in [7, 11) is 0. The quantitative estimate of drug-likeness (QED) is 0.731. The zero-order valence-corrected chi connectivity index (χ0v) is 9.50. The molecular weight excluding hydrogens is 230 g/mol. The molecule has 2 N–H and O–H groups in total. The van der Waals surface area contributed by atoms with Crippen molar-refractivity contribution < 1.29 is 4.42 Å². The number of nitrogens with one attached hydrogen (secondary N) is 2. The number of hydrogen-bond acceptors (Lipinski definition) is 5. The zero-order valence-electron chi connectivity index (χ0n) is 9.50. The molecule has 3 rings (SSSR count). The van der Waals surface area contributed by atoms with E-state index in [0.29, 0.717) is 12.5 Å². The molecular formula is C12H11N5O. The molecule has 0 spiro atoms. The third-order valence-electron chi connectivity index (χ3n) is 2.49. The molecule has 0 atom stereocenters. The number of furan rings is 1. The summed E-state index contributed by atoms with van der Waals surface area (Å²) in [5.41, 5.74) is 1.06. The monoisotopic (exact) mass is 241 g/mol. The first-order valence-corrected chi connectivity index (χ1v) is 5.53. The molecule has 0 aliphatic carbocycles. The third kappa shape index (κ3) is 2.22. The first kappa shape index (κ1) is 10.5. The molecule has 3 aromatic rings. The molecule has 0 radical (unpaired) electrons. The number of H-pyrrole nitrogens is 1. The molecule has 0 bridgehead atoms. The number of anilines is 1. The molecule has 2 heterocycles. The van der Waals surface area contributed by atoms with E-state index in [2.05, 4.69) is 25.9 Å². The fourth-order valence-electron chi connectivity index (χ4n) is 1.63. The van der Waals surface area contributed by atoms with E-state index in [1.807, 2.05) is 42.5 Å². The van der Waals surface area contributed by atoms with Gasteiger partial charge in [0, 0.05) is 5.56 Å². The molecule has 0 saturated carbocycles. The van der Waals surface area contributed by atoms with Gasteiger partial charge in [0.2, 0.25) is 0 Å². The zero-order chi connectivity index (χ0) is 12.2. The number of tetrazole rings is 1. The number of aromatic nitrogens is 4. The van der Waals surface area contributed by atoms with Crippen LogP contribution in [0.25, 0.3) is 11.3 Å². The van der Waals surface area contributed by atoms with E-state index < -0.39 is 0 Å². The Balaban J connectivity index is 1.70. The topological polar surface area (TPSA) is 79.6 Å². The third-order valence-corrected chi connectivity index (χ3v) is 2.49. The second kappa shape index (κ2) is 4.70. The Morgan fingerprint density at radius 1 is 1.11 bits per heavy atom. The number of benzene rings is 1. The average molecular weight is 241 g/mol. The molecule has 0 unspecified atom stereocenters. The van der Waals surface area contributed by atoms with Crippen LogP contribution in [0.4, 0.5) is 5.95 Å². The largest absolute Gasteiger partial charge is 0.459 e. The number of hydrogen-bond donors (Lipinski definition) is 2. The van der Waals surface area contributed by atoms with Crippen LogP contribution in [0.3, 0.4) is 0 Å². The minimum Gasteiger partial charge on any atom is -0.459 e. The van der Waals surface area contributed by atoms with Gasteiger partial charge in [-0.15, -0.1) is 5.10 Å². The van der Waals surface area contributed by atoms with Crippen molar-refractivity contribution in [3.05, 3.63) is 48.2 Å². The van der Waals surface area contributed by atoms with E-state index >= 15 is 0 Å². The Hall–Kier alpha value is -2.63. The molecule has 6 nitrogen and oxygen atoms in total. The van der Waals surface area contributed by atoms with Gasteiger partial charge >= 0.3 is 0 Å². The summed E-state index contributed by atoms with van der Waals surface area (Å²) in [4.78, 5) is 0. The molecule has 0 aliphatic heterocycles. The molecule has 0 aliphatic rings. The van der Waals surface area contributed by atoms with Crippen LogP contribution < -0.4 is 5.32 Å². The first-order valence-electron chi connectivity index (χ1n) is 5.53. The highest BCUT2D eigenvalue weighted by Gasteiger charge is 2.05. The van der Waals surface area contributed by atoms with Crippen LogP contribution in [0, 0.1) is 0 Å². The maximum Gasteiger partial charge on any atom is 0.263 e. The Morgan fingerprint density at radius 2 is 2.00 bits per heavy atom. The van der Waals surface area contributed by atoms with Crippen molar-refractivity contribution in [3.8, 4) is 11.3 Å². The fraction of sp³-hybridized carbons (Fsp3) is 0.0833. The molecule has 1 aromatic carbocycles. The molecule has 18 heavy (non-hydrogen) atoms. The van der Waals surface area contributed by atoms with Crippen molar-refractivity contribution in [3.63, 3.8) is 0 Å². The van der Waals surface area contributed by atoms with Crippen LogP contribution >= 0.6 is 0 Å². The van der Waals surface area contributed by atoms with Gasteiger partial charge in [-0.1, -0.05) is 35.4 Å². The number of rotatable bonds is 4. The molecule has 90 valence electrons. The van der Waals surface area contributed by atoms with Crippen LogP contribution in [0.15, 0.2) is 46.9 Å². The van der Waals surface area contributed by atoms with Gasteiger partial charge in [-0.05, 0) is 17.3 Å². The van der Waals surface area contributed by atoms with Crippen LogP contribution in [0.1, 0.15) is 5.76 Å². The summed E-state index contributed by atoms with van der Waals surface area (Å²) < 4.78 is 5.72. The van der Waals surface area contributed by atoms with Gasteiger partial charge in [0.15, 0.2) is 0 Å². The highest BCUT2D eigenvalue weighted by Crippen LogP contribution is 2.21. The Bertz CT molecular complexity index is 602. The van der Waals surface area contributed by atoms with Gasteiger partial charge < -0.3 is 9.73 Å². The number of nitrogens with zero attached hydrogens (tertiary/aromatic N) is 3. The Morgan fingerprint density at radius 3 is 2.78 bits per heavy atom. The number of aromatic amines is 1. The predicted octanol–water partition coefficient (Wildman–Crippen LogP) is 2.07. The van der Waals surface area contributed by atoms with Gasteiger partial charge in [0.05, 0.1) is 6.54 Å². The van der Waals surface area contributed by atoms with Gasteiger partial charge in [0.1, 0.15) is 11.5 Å². The van der Waals surface area contributed by atoms with Gasteiger partial charge in [-0.3, -0.25) is 0 Å². The van der Waals surface area contributed by atoms with Crippen molar-refractivity contribution >= 4 is 5.95 Å². The van der Waals surface area contributed by atoms with E-state index in [1.54, 1.807) is 0 Å². The average Bonchev–Trinajstić information content (AvgIpc) is 3.09. The van der Waals surface area contributed by atoms with Crippen LogP contribution in [-0.2, 0) is 6.54 Å². The standard InChI is InChI=1S/C12H11N5O/c1-2-4-9(5-3-1)11-7-6-10(18-11)8-13-12-14-16-17-15-12/h1-7H,8H2,(H2,13,14,15,16,17). The van der Waals surface area contributed by atoms with E-state index in [1.165, 1.54) is 0 Å². The van der Waals surface area contributed by atoms with Gasteiger partial charge in [-0.2, -0.15) is 5.21 Å². The lowest BCUT2D eigenvalue weighted by Gasteiger charge is -1.98. The van der Waals surface area contributed by atoms with E-state index in [9.17, 15) is 0 Å². The van der Waals surface area contributed by atoms with Crippen molar-refractivity contribution in [1.29, 1.82) is 0 Å². The normalized spacial score (nSPS) is 10.4. The maximum atomic E-state index is 5.72. The van der Waals surface area contributed by atoms with Crippen molar-refractivity contribution in [2.45, 2.75) is 6.54 Å². The van der Waals surface area contributed by atoms with Crippen molar-refractivity contribution in [2.75, 3.05) is 5.32 Å². The van der Waals surface area contributed by atoms with E-state index in [-0.39, 0.29) is 0 Å². The highest BCUT2D eigenvalue weighted by molar-refractivity contribution is 5.57. The van der Waals surface area contributed by atoms with Crippen LogP contribution in [0.2, 0.25) is 0 Å². The highest BCUT2D eigenvalue weighted by atomic mass is 16.3. The summed E-state index contributed by atoms with van der Waals surface area (Å²) >= 11 is 0. The van der Waals surface area contributed by atoms with Crippen LogP contribution in [-0.4, -0.2) is 20.6 Å². The van der Waals surface area contributed by atoms with Crippen molar-refractivity contribution in [1.82, 2.24) is 20.6 Å². The molecule has 0 saturated heterocycles. The summed E-state index contributed by atoms with van der Waals surface area (Å²) in [5, 5.41) is 16.4. The van der Waals surface area contributed by atoms with E-state index in [0.717, 1.165) is 17.1 Å². The first-order chi connectivity index (χ1) is 8.92. The lowest BCUT2D eigenvalue weighted by Crippen LogP contribution is -1.99. The molecule has 2 aromatic heterocycles. The van der Waals surface area contributed by atoms with Gasteiger partial charge in [0.25, 0.3) is 5.95 Å². The van der Waals surface area contributed by atoms with E-state index in [4.69, 9.17) is 4.42 Å². The maximum absolute atomic E-state index is 5.72. The Kier molecular flexibility index (Phi) is 2.75. The molecule has 6 heteroatoms. The predicted molar refractivity (Wildman–Crippen MR) is 65.6 cm³/mol. The second-order valence-corrected chi connectivity index (χ2v) is 3.72. The second-order valence-electron chi connectivity index (χ2n) is 3.72. The minimum absolute atomic E-state index is 0.452. The Labute approximate surface area is 103 Å². The minimum atomic E-state index is 0.452. The van der Waals surface area contributed by atoms with Crippen molar-refractivity contribution in [2.24, 2.45) is 0 Å².